The van der Waals surface area contributed by atoms with Crippen LogP contribution in [0.2, 0.25) is 0 Å². The van der Waals surface area contributed by atoms with Crippen LogP contribution in [0.25, 0.3) is 0 Å². The van der Waals surface area contributed by atoms with Gasteiger partial charge in [0.25, 0.3) is 0 Å². The molecule has 0 unspecified atom stereocenters. The van der Waals surface area contributed by atoms with Crippen LogP contribution in [0, 0.1) is 5.92 Å². The molecule has 0 spiro atoms. The fraction of sp³-hybridized carbons (Fsp3) is 0.629. The van der Waals surface area contributed by atoms with Crippen LogP contribution in [0.3, 0.4) is 0 Å². The van der Waals surface area contributed by atoms with Gasteiger partial charge in [0.05, 0.1) is 0 Å². The van der Waals surface area contributed by atoms with E-state index in [1.54, 1.807) is 26.0 Å². The molecule has 8 amide bonds. The number of hydrogen-bond donors (Lipinski definition) is 6. The van der Waals surface area contributed by atoms with E-state index < -0.39 is 29.9 Å². The number of anilines is 1. The molecule has 278 valence electrons. The number of nitrogens with one attached hydrogen (secondary N) is 4. The van der Waals surface area contributed by atoms with Crippen molar-refractivity contribution in [3.8, 4) is 0 Å². The van der Waals surface area contributed by atoms with Crippen molar-refractivity contribution >= 4 is 47.2 Å². The summed E-state index contributed by atoms with van der Waals surface area (Å²) in [5, 5.41) is 10.9. The molecule has 1 heterocycles. The van der Waals surface area contributed by atoms with Crippen molar-refractivity contribution in [2.45, 2.75) is 110 Å². The van der Waals surface area contributed by atoms with Crippen LogP contribution in [0.5, 0.6) is 0 Å². The first-order valence-corrected chi connectivity index (χ1v) is 17.6. The van der Waals surface area contributed by atoms with Gasteiger partial charge in [0, 0.05) is 51.0 Å². The predicted octanol–water partition coefficient (Wildman–Crippen LogP) is 1.89. The molecule has 1 fully saturated rings. The normalized spacial score (nSPS) is 14.1. The standard InChI is InChI=1S/C35H56N8O7/c1-24(2)32(41-29(45)13-7-5-9-22-43-30(46)18-19-31(43)47)34(49)40-27(11-10-20-38-35(37)50)33(48)39-26-16-14-25(15-17-26)23-42(3)21-8-4-6-12-28(36)44/h14-17,24,27,32H,4-13,18-23H2,1-3H3,(H2,36,44)(H,39,48)(H,40,49)(H,41,45)(H3,37,38,50)/t27-,32-/m0/s1. The Bertz CT molecular complexity index is 1290. The van der Waals surface area contributed by atoms with Gasteiger partial charge in [-0.25, -0.2) is 4.79 Å². The van der Waals surface area contributed by atoms with Gasteiger partial charge in [-0.3, -0.25) is 33.7 Å². The third-order valence-electron chi connectivity index (χ3n) is 8.44. The molecule has 1 aliphatic heterocycles. The number of nitrogens with zero attached hydrogens (tertiary/aromatic N) is 2. The lowest BCUT2D eigenvalue weighted by Crippen LogP contribution is -2.54. The summed E-state index contributed by atoms with van der Waals surface area (Å²) < 4.78 is 0. The summed E-state index contributed by atoms with van der Waals surface area (Å²) in [7, 11) is 2.02. The smallest absolute Gasteiger partial charge is 0.312 e. The summed E-state index contributed by atoms with van der Waals surface area (Å²) in [6.07, 6.45) is 6.07. The van der Waals surface area contributed by atoms with E-state index in [-0.39, 0.29) is 61.8 Å². The number of nitrogens with two attached hydrogens (primary N) is 2. The van der Waals surface area contributed by atoms with Crippen molar-refractivity contribution in [2.24, 2.45) is 17.4 Å². The highest BCUT2D eigenvalue weighted by atomic mass is 16.2. The van der Waals surface area contributed by atoms with Gasteiger partial charge < -0.3 is 37.6 Å². The zero-order valence-corrected chi connectivity index (χ0v) is 29.8. The Morgan fingerprint density at radius 1 is 0.820 bits per heavy atom. The first-order chi connectivity index (χ1) is 23.8. The van der Waals surface area contributed by atoms with Crippen LogP contribution >= 0.6 is 0 Å². The van der Waals surface area contributed by atoms with Gasteiger partial charge in [0.2, 0.25) is 35.4 Å². The molecule has 0 aromatic heterocycles. The fourth-order valence-corrected chi connectivity index (χ4v) is 5.60. The van der Waals surface area contributed by atoms with Crippen LogP contribution < -0.4 is 32.7 Å². The van der Waals surface area contributed by atoms with Gasteiger partial charge >= 0.3 is 6.03 Å². The molecule has 50 heavy (non-hydrogen) atoms. The highest BCUT2D eigenvalue weighted by Crippen LogP contribution is 2.15. The Hall–Kier alpha value is -4.53. The predicted molar refractivity (Wildman–Crippen MR) is 189 cm³/mol. The van der Waals surface area contributed by atoms with Crippen LogP contribution in [0.15, 0.2) is 24.3 Å². The zero-order chi connectivity index (χ0) is 37.1. The van der Waals surface area contributed by atoms with E-state index in [1.165, 1.54) is 4.90 Å². The molecule has 15 heteroatoms. The molecule has 1 aliphatic rings. The SMILES string of the molecule is CC(C)[C@H](NC(=O)CCCCCN1C(=O)CCC1=O)C(=O)N[C@@H](CCCNC(N)=O)C(=O)Nc1ccc(CN(C)CCCCCC(N)=O)cc1. The second-order valence-electron chi connectivity index (χ2n) is 13.2. The van der Waals surface area contributed by atoms with Crippen LogP contribution in [-0.2, 0) is 35.3 Å². The molecule has 2 atom stereocenters. The summed E-state index contributed by atoms with van der Waals surface area (Å²) in [5.41, 5.74) is 12.0. The molecular formula is C35H56N8O7. The minimum atomic E-state index is -0.952. The highest BCUT2D eigenvalue weighted by Gasteiger charge is 2.30. The second kappa shape index (κ2) is 22.2. The Balaban J connectivity index is 1.91. The van der Waals surface area contributed by atoms with E-state index in [9.17, 15) is 33.6 Å². The zero-order valence-electron chi connectivity index (χ0n) is 29.8. The third-order valence-corrected chi connectivity index (χ3v) is 8.44. The van der Waals surface area contributed by atoms with E-state index in [0.29, 0.717) is 50.9 Å². The first-order valence-electron chi connectivity index (χ1n) is 17.6. The number of amides is 8. The largest absolute Gasteiger partial charge is 0.370 e. The number of carbonyl (C=O) groups excluding carboxylic acids is 7. The number of primary amides is 2. The molecule has 0 saturated carbocycles. The topological polar surface area (TPSA) is 226 Å². The second-order valence-corrected chi connectivity index (χ2v) is 13.2. The lowest BCUT2D eigenvalue weighted by atomic mass is 10.0. The van der Waals surface area contributed by atoms with Crippen molar-refractivity contribution < 1.29 is 33.6 Å². The Morgan fingerprint density at radius 3 is 2.08 bits per heavy atom. The van der Waals surface area contributed by atoms with E-state index >= 15 is 0 Å². The van der Waals surface area contributed by atoms with E-state index in [4.69, 9.17) is 11.5 Å². The molecule has 0 bridgehead atoms. The number of unbranched alkanes of at least 4 members (excludes halogenated alkanes) is 4. The molecule has 15 nitrogen and oxygen atoms in total. The Kier molecular flexibility index (Phi) is 18.5. The van der Waals surface area contributed by atoms with Gasteiger partial charge in [-0.1, -0.05) is 38.8 Å². The summed E-state index contributed by atoms with van der Waals surface area (Å²) in [6.45, 7) is 5.72. The number of urea groups is 1. The molecule has 8 N–H and O–H groups in total. The third kappa shape index (κ3) is 16.2. The lowest BCUT2D eigenvalue weighted by molar-refractivity contribution is -0.138. The summed E-state index contributed by atoms with van der Waals surface area (Å²) in [6, 6.07) is 4.88. The number of benzene rings is 1. The maximum Gasteiger partial charge on any atom is 0.312 e. The number of imide groups is 1. The minimum absolute atomic E-state index is 0.158. The fourth-order valence-electron chi connectivity index (χ4n) is 5.60. The van der Waals surface area contributed by atoms with Crippen molar-refractivity contribution in [1.82, 2.24) is 25.8 Å². The number of carbonyl (C=O) groups is 7. The molecule has 0 aliphatic carbocycles. The molecule has 2 rings (SSSR count). The van der Waals surface area contributed by atoms with Gasteiger partial charge in [-0.05, 0) is 75.7 Å². The molecule has 1 aromatic rings. The van der Waals surface area contributed by atoms with Gasteiger partial charge in [-0.15, -0.1) is 0 Å². The van der Waals surface area contributed by atoms with Gasteiger partial charge in [-0.2, -0.15) is 0 Å². The molecule has 0 radical (unpaired) electrons. The summed E-state index contributed by atoms with van der Waals surface area (Å²) in [5.74, 6) is -2.13. The quantitative estimate of drug-likeness (QED) is 0.0688. The Morgan fingerprint density at radius 2 is 1.46 bits per heavy atom. The van der Waals surface area contributed by atoms with Gasteiger partial charge in [0.15, 0.2) is 0 Å². The Labute approximate surface area is 295 Å². The number of hydrogen-bond acceptors (Lipinski definition) is 8. The van der Waals surface area contributed by atoms with Crippen molar-refractivity contribution in [2.75, 3.05) is 32.0 Å². The van der Waals surface area contributed by atoms with Crippen molar-refractivity contribution in [3.05, 3.63) is 29.8 Å². The maximum atomic E-state index is 13.4. The molecule has 1 saturated heterocycles. The summed E-state index contributed by atoms with van der Waals surface area (Å²) in [4.78, 5) is 88.6. The van der Waals surface area contributed by atoms with Crippen LogP contribution in [0.1, 0.15) is 96.5 Å². The van der Waals surface area contributed by atoms with Crippen LogP contribution in [0.4, 0.5) is 10.5 Å². The van der Waals surface area contributed by atoms with E-state index in [0.717, 1.165) is 31.4 Å². The average Bonchev–Trinajstić information content (AvgIpc) is 3.37. The maximum absolute atomic E-state index is 13.4. The van der Waals surface area contributed by atoms with E-state index in [1.807, 2.05) is 19.2 Å². The monoisotopic (exact) mass is 700 g/mol. The first kappa shape index (κ1) is 41.6. The average molecular weight is 701 g/mol. The molecular weight excluding hydrogens is 644 g/mol. The van der Waals surface area contributed by atoms with Gasteiger partial charge in [0.1, 0.15) is 12.1 Å². The van der Waals surface area contributed by atoms with Crippen molar-refractivity contribution in [3.63, 3.8) is 0 Å². The van der Waals surface area contributed by atoms with E-state index in [2.05, 4.69) is 26.2 Å². The minimum Gasteiger partial charge on any atom is -0.370 e. The van der Waals surface area contributed by atoms with Crippen molar-refractivity contribution in [1.29, 1.82) is 0 Å². The lowest BCUT2D eigenvalue weighted by Gasteiger charge is -2.25. The van der Waals surface area contributed by atoms with Crippen LogP contribution in [-0.4, -0.2) is 90.0 Å². The number of rotatable bonds is 24. The molecule has 1 aromatic carbocycles. The summed E-state index contributed by atoms with van der Waals surface area (Å²) >= 11 is 0. The highest BCUT2D eigenvalue weighted by molar-refractivity contribution is 6.02. The number of likely N-dealkylation sites (tertiary alicyclic amines) is 1.